The molecule has 0 aliphatic carbocycles. The highest BCUT2D eigenvalue weighted by molar-refractivity contribution is 6.33. The van der Waals surface area contributed by atoms with Gasteiger partial charge in [-0.1, -0.05) is 48.0 Å². The molecule has 3 aromatic rings. The first-order chi connectivity index (χ1) is 14.3. The minimum atomic E-state index is -4.49. The third kappa shape index (κ3) is 4.14. The van der Waals surface area contributed by atoms with Gasteiger partial charge >= 0.3 is 12.2 Å². The van der Waals surface area contributed by atoms with E-state index in [9.17, 15) is 18.0 Å². The van der Waals surface area contributed by atoms with Crippen LogP contribution in [-0.2, 0) is 6.18 Å². The van der Waals surface area contributed by atoms with E-state index in [1.807, 2.05) is 42.5 Å². The number of rotatable bonds is 2. The summed E-state index contributed by atoms with van der Waals surface area (Å²) in [7, 11) is 0. The standard InChI is InChI=1S/C21H18ClF3N4O/c22-17-12-15(21(23,24)25)13-26-19(17)28-8-10-29(11-9-28)20(30)27-18-7-3-5-14-4-1-2-6-16(14)18/h1-7,12-13H,8-11H2,(H,27,30). The molecule has 0 unspecified atom stereocenters. The van der Waals surface area contributed by atoms with Crippen LogP contribution in [0.3, 0.4) is 0 Å². The van der Waals surface area contributed by atoms with Gasteiger partial charge in [0.25, 0.3) is 0 Å². The summed E-state index contributed by atoms with van der Waals surface area (Å²) in [5, 5.41) is 4.87. The van der Waals surface area contributed by atoms with E-state index < -0.39 is 11.7 Å². The normalized spacial score (nSPS) is 14.8. The van der Waals surface area contributed by atoms with Crippen LogP contribution in [0.5, 0.6) is 0 Å². The molecule has 0 bridgehead atoms. The van der Waals surface area contributed by atoms with Gasteiger partial charge in [0.15, 0.2) is 0 Å². The number of halogens is 4. The number of carbonyl (C=O) groups is 1. The molecule has 0 saturated carbocycles. The molecule has 0 spiro atoms. The van der Waals surface area contributed by atoms with Gasteiger partial charge in [-0.05, 0) is 17.5 Å². The van der Waals surface area contributed by atoms with Crippen LogP contribution in [-0.4, -0.2) is 42.1 Å². The molecular weight excluding hydrogens is 417 g/mol. The molecule has 2 heterocycles. The number of urea groups is 1. The average molecular weight is 435 g/mol. The topological polar surface area (TPSA) is 48.5 Å². The molecule has 1 saturated heterocycles. The Morgan fingerprint density at radius 1 is 1.03 bits per heavy atom. The van der Waals surface area contributed by atoms with Crippen LogP contribution in [0.4, 0.5) is 29.5 Å². The second-order valence-corrected chi connectivity index (χ2v) is 7.37. The van der Waals surface area contributed by atoms with Crippen LogP contribution < -0.4 is 10.2 Å². The smallest absolute Gasteiger partial charge is 0.352 e. The summed E-state index contributed by atoms with van der Waals surface area (Å²) in [6.45, 7) is 1.63. The Hall–Kier alpha value is -3.00. The Bertz CT molecular complexity index is 1080. The summed E-state index contributed by atoms with van der Waals surface area (Å²) in [6.07, 6.45) is -3.71. The number of anilines is 2. The molecule has 0 radical (unpaired) electrons. The molecule has 5 nitrogen and oxygen atoms in total. The Kier molecular flexibility index (Phi) is 5.42. The summed E-state index contributed by atoms with van der Waals surface area (Å²) in [5.41, 5.74) is -0.155. The zero-order valence-corrected chi connectivity index (χ0v) is 16.5. The maximum Gasteiger partial charge on any atom is 0.417 e. The fourth-order valence-corrected chi connectivity index (χ4v) is 3.75. The molecule has 156 valence electrons. The minimum absolute atomic E-state index is 0.0570. The van der Waals surface area contributed by atoms with Crippen LogP contribution in [0.1, 0.15) is 5.56 Å². The molecular formula is C21H18ClF3N4O. The fourth-order valence-electron chi connectivity index (χ4n) is 3.47. The quantitative estimate of drug-likeness (QED) is 0.598. The molecule has 1 aromatic heterocycles. The lowest BCUT2D eigenvalue weighted by atomic mass is 10.1. The van der Waals surface area contributed by atoms with Gasteiger partial charge in [-0.2, -0.15) is 13.2 Å². The monoisotopic (exact) mass is 434 g/mol. The van der Waals surface area contributed by atoms with Gasteiger partial charge in [0.05, 0.1) is 16.3 Å². The number of benzene rings is 2. The number of alkyl halides is 3. The second kappa shape index (κ2) is 8.02. The van der Waals surface area contributed by atoms with E-state index in [4.69, 9.17) is 11.6 Å². The number of hydrogen-bond donors (Lipinski definition) is 1. The number of fused-ring (bicyclic) bond motifs is 1. The average Bonchev–Trinajstić information content (AvgIpc) is 2.73. The first kappa shape index (κ1) is 20.3. The van der Waals surface area contributed by atoms with Crippen molar-refractivity contribution < 1.29 is 18.0 Å². The highest BCUT2D eigenvalue weighted by Gasteiger charge is 2.32. The van der Waals surface area contributed by atoms with Crippen molar-refractivity contribution in [1.29, 1.82) is 0 Å². The molecule has 2 aromatic carbocycles. The van der Waals surface area contributed by atoms with Crippen LogP contribution >= 0.6 is 11.6 Å². The number of aromatic nitrogens is 1. The van der Waals surface area contributed by atoms with E-state index in [1.165, 1.54) is 0 Å². The first-order valence-electron chi connectivity index (χ1n) is 9.34. The van der Waals surface area contributed by atoms with Gasteiger partial charge in [0.2, 0.25) is 0 Å². The van der Waals surface area contributed by atoms with Gasteiger partial charge in [0.1, 0.15) is 5.82 Å². The van der Waals surface area contributed by atoms with Gasteiger partial charge in [-0.3, -0.25) is 0 Å². The summed E-state index contributed by atoms with van der Waals surface area (Å²) >= 11 is 6.03. The SMILES string of the molecule is O=C(Nc1cccc2ccccc12)N1CCN(c2ncc(C(F)(F)F)cc2Cl)CC1. The number of nitrogens with zero attached hydrogens (tertiary/aromatic N) is 3. The molecule has 1 N–H and O–H groups in total. The Balaban J connectivity index is 1.41. The van der Waals surface area contributed by atoms with Crippen molar-refractivity contribution in [1.82, 2.24) is 9.88 Å². The summed E-state index contributed by atoms with van der Waals surface area (Å²) in [6, 6.07) is 14.1. The summed E-state index contributed by atoms with van der Waals surface area (Å²) in [4.78, 5) is 20.0. The van der Waals surface area contributed by atoms with Crippen LogP contribution in [0, 0.1) is 0 Å². The van der Waals surface area contributed by atoms with Crippen molar-refractivity contribution in [2.75, 3.05) is 36.4 Å². The number of hydrogen-bond acceptors (Lipinski definition) is 3. The molecule has 1 fully saturated rings. The lowest BCUT2D eigenvalue weighted by Gasteiger charge is -2.35. The van der Waals surface area contributed by atoms with E-state index in [0.717, 1.165) is 28.7 Å². The predicted molar refractivity (Wildman–Crippen MR) is 111 cm³/mol. The van der Waals surface area contributed by atoms with Crippen molar-refractivity contribution in [3.63, 3.8) is 0 Å². The molecule has 1 aliphatic heterocycles. The number of pyridine rings is 1. The van der Waals surface area contributed by atoms with Gasteiger partial charge < -0.3 is 15.1 Å². The van der Waals surface area contributed by atoms with E-state index in [-0.39, 0.29) is 11.1 Å². The third-order valence-corrected chi connectivity index (χ3v) is 5.32. The molecule has 0 atom stereocenters. The number of nitrogens with one attached hydrogen (secondary N) is 1. The van der Waals surface area contributed by atoms with Crippen molar-refractivity contribution in [2.24, 2.45) is 0 Å². The molecule has 9 heteroatoms. The highest BCUT2D eigenvalue weighted by Crippen LogP contribution is 2.33. The summed E-state index contributed by atoms with van der Waals surface area (Å²) < 4.78 is 38.4. The first-order valence-corrected chi connectivity index (χ1v) is 9.72. The molecule has 1 aliphatic rings. The Labute approximate surface area is 176 Å². The van der Waals surface area contributed by atoms with E-state index >= 15 is 0 Å². The zero-order chi connectivity index (χ0) is 21.3. The van der Waals surface area contributed by atoms with E-state index in [2.05, 4.69) is 10.3 Å². The molecule has 4 rings (SSSR count). The van der Waals surface area contributed by atoms with Crippen LogP contribution in [0.15, 0.2) is 54.7 Å². The molecule has 2 amide bonds. The Morgan fingerprint density at radius 2 is 1.73 bits per heavy atom. The van der Waals surface area contributed by atoms with Crippen LogP contribution in [0.25, 0.3) is 10.8 Å². The minimum Gasteiger partial charge on any atom is -0.352 e. The van der Waals surface area contributed by atoms with Crippen LogP contribution in [0.2, 0.25) is 5.02 Å². The maximum absolute atomic E-state index is 12.8. The van der Waals surface area contributed by atoms with Gasteiger partial charge in [-0.25, -0.2) is 9.78 Å². The molecule has 30 heavy (non-hydrogen) atoms. The van der Waals surface area contributed by atoms with E-state index in [0.29, 0.717) is 32.0 Å². The third-order valence-electron chi connectivity index (χ3n) is 5.05. The summed E-state index contributed by atoms with van der Waals surface area (Å²) in [5.74, 6) is 0.291. The second-order valence-electron chi connectivity index (χ2n) is 6.96. The van der Waals surface area contributed by atoms with Gasteiger partial charge in [-0.15, -0.1) is 0 Å². The highest BCUT2D eigenvalue weighted by atomic mass is 35.5. The maximum atomic E-state index is 12.8. The predicted octanol–water partition coefficient (Wildman–Crippen LogP) is 5.26. The number of carbonyl (C=O) groups excluding carboxylic acids is 1. The number of amides is 2. The van der Waals surface area contributed by atoms with Crippen molar-refractivity contribution in [3.8, 4) is 0 Å². The van der Waals surface area contributed by atoms with Gasteiger partial charge in [0, 0.05) is 37.8 Å². The Morgan fingerprint density at radius 3 is 2.43 bits per heavy atom. The lowest BCUT2D eigenvalue weighted by Crippen LogP contribution is -2.50. The lowest BCUT2D eigenvalue weighted by molar-refractivity contribution is -0.137. The number of piperazine rings is 1. The van der Waals surface area contributed by atoms with Crippen molar-refractivity contribution in [2.45, 2.75) is 6.18 Å². The van der Waals surface area contributed by atoms with E-state index in [1.54, 1.807) is 9.80 Å². The fraction of sp³-hybridized carbons (Fsp3) is 0.238. The zero-order valence-electron chi connectivity index (χ0n) is 15.8. The van der Waals surface area contributed by atoms with Crippen molar-refractivity contribution in [3.05, 3.63) is 65.3 Å². The van der Waals surface area contributed by atoms with Crippen molar-refractivity contribution >= 4 is 39.9 Å². The largest absolute Gasteiger partial charge is 0.417 e.